The normalized spacial score (nSPS) is 16.7. The average Bonchev–Trinajstić information content (AvgIpc) is 2.97. The summed E-state index contributed by atoms with van der Waals surface area (Å²) < 4.78 is 11.0. The molecule has 136 valence electrons. The molecule has 4 rings (SSSR count). The third kappa shape index (κ3) is 3.74. The molecule has 3 heterocycles. The van der Waals surface area contributed by atoms with Gasteiger partial charge in [0.15, 0.2) is 11.5 Å². The third-order valence-corrected chi connectivity index (χ3v) is 4.75. The summed E-state index contributed by atoms with van der Waals surface area (Å²) in [6.07, 6.45) is 6.81. The summed E-state index contributed by atoms with van der Waals surface area (Å²) in [5.41, 5.74) is 2.15. The van der Waals surface area contributed by atoms with Gasteiger partial charge in [-0.05, 0) is 37.1 Å². The molecule has 0 spiro atoms. The Morgan fingerprint density at radius 2 is 1.73 bits per heavy atom. The molecule has 26 heavy (non-hydrogen) atoms. The predicted octanol–water partition coefficient (Wildman–Crippen LogP) is 3.49. The maximum Gasteiger partial charge on any atom is 0.274 e. The molecular formula is C20H23N3O3. The number of ether oxygens (including phenoxy) is 2. The number of hydrogen-bond donors (Lipinski definition) is 1. The fourth-order valence-corrected chi connectivity index (χ4v) is 3.35. The van der Waals surface area contributed by atoms with Crippen LogP contribution in [0.15, 0.2) is 36.5 Å². The number of benzene rings is 1. The number of rotatable bonds is 3. The van der Waals surface area contributed by atoms with E-state index in [1.165, 1.54) is 25.7 Å². The molecule has 6 heteroatoms. The van der Waals surface area contributed by atoms with Gasteiger partial charge in [-0.25, -0.2) is 4.98 Å². The molecule has 1 N–H and O–H groups in total. The minimum Gasteiger partial charge on any atom is -0.486 e. The van der Waals surface area contributed by atoms with Crippen LogP contribution < -0.4 is 19.7 Å². The van der Waals surface area contributed by atoms with Crippen molar-refractivity contribution in [3.63, 3.8) is 0 Å². The molecule has 1 aromatic heterocycles. The second-order valence-electron chi connectivity index (χ2n) is 6.62. The Hall–Kier alpha value is -2.76. The van der Waals surface area contributed by atoms with Crippen LogP contribution in [0.3, 0.4) is 0 Å². The molecule has 0 atom stereocenters. The van der Waals surface area contributed by atoms with E-state index in [-0.39, 0.29) is 5.91 Å². The molecule has 0 radical (unpaired) electrons. The highest BCUT2D eigenvalue weighted by Gasteiger charge is 2.15. The van der Waals surface area contributed by atoms with Crippen LogP contribution in [0.2, 0.25) is 0 Å². The van der Waals surface area contributed by atoms with E-state index in [4.69, 9.17) is 9.47 Å². The van der Waals surface area contributed by atoms with E-state index in [0.717, 1.165) is 18.8 Å². The van der Waals surface area contributed by atoms with Gasteiger partial charge in [0.1, 0.15) is 18.9 Å². The Labute approximate surface area is 153 Å². The van der Waals surface area contributed by atoms with Gasteiger partial charge in [0.05, 0.1) is 11.9 Å². The van der Waals surface area contributed by atoms with Gasteiger partial charge in [-0.1, -0.05) is 12.8 Å². The van der Waals surface area contributed by atoms with Gasteiger partial charge in [0.2, 0.25) is 0 Å². The van der Waals surface area contributed by atoms with Crippen molar-refractivity contribution in [3.8, 4) is 11.5 Å². The fourth-order valence-electron chi connectivity index (χ4n) is 3.35. The molecule has 0 saturated carbocycles. The molecule has 0 aliphatic carbocycles. The summed E-state index contributed by atoms with van der Waals surface area (Å²) in [7, 11) is 0. The Bertz CT molecular complexity index is 768. The van der Waals surface area contributed by atoms with Crippen molar-refractivity contribution in [2.45, 2.75) is 25.7 Å². The number of nitrogens with zero attached hydrogens (tertiary/aromatic N) is 2. The highest BCUT2D eigenvalue weighted by Crippen LogP contribution is 2.32. The summed E-state index contributed by atoms with van der Waals surface area (Å²) in [4.78, 5) is 19.2. The number of anilines is 2. The van der Waals surface area contributed by atoms with Crippen molar-refractivity contribution >= 4 is 17.3 Å². The predicted molar refractivity (Wildman–Crippen MR) is 100 cm³/mol. The Morgan fingerprint density at radius 3 is 2.46 bits per heavy atom. The highest BCUT2D eigenvalue weighted by molar-refractivity contribution is 6.03. The van der Waals surface area contributed by atoms with Crippen molar-refractivity contribution in [1.29, 1.82) is 0 Å². The van der Waals surface area contributed by atoms with E-state index in [1.54, 1.807) is 30.5 Å². The standard InChI is InChI=1S/C20H23N3O3/c24-20(22-15-5-8-18-19(13-15)26-12-11-25-18)17-7-6-16(14-21-17)23-9-3-1-2-4-10-23/h5-8,13-14H,1-4,9-12H2,(H,22,24). The second-order valence-corrected chi connectivity index (χ2v) is 6.62. The number of aromatic nitrogens is 1. The van der Waals surface area contributed by atoms with Crippen molar-refractivity contribution < 1.29 is 14.3 Å². The molecule has 2 aromatic rings. The van der Waals surface area contributed by atoms with Crippen LogP contribution in [0.25, 0.3) is 0 Å². The number of hydrogen-bond acceptors (Lipinski definition) is 5. The number of pyridine rings is 1. The fraction of sp³-hybridized carbons (Fsp3) is 0.400. The first-order valence-electron chi connectivity index (χ1n) is 9.21. The minimum absolute atomic E-state index is 0.232. The summed E-state index contributed by atoms with van der Waals surface area (Å²) >= 11 is 0. The van der Waals surface area contributed by atoms with E-state index in [2.05, 4.69) is 15.2 Å². The number of nitrogens with one attached hydrogen (secondary N) is 1. The summed E-state index contributed by atoms with van der Waals surface area (Å²) in [5.74, 6) is 1.12. The summed E-state index contributed by atoms with van der Waals surface area (Å²) in [6, 6.07) is 9.15. The Kier molecular flexibility index (Phi) is 4.91. The van der Waals surface area contributed by atoms with Crippen LogP contribution in [0.1, 0.15) is 36.2 Å². The molecule has 2 aliphatic rings. The molecule has 0 bridgehead atoms. The van der Waals surface area contributed by atoms with E-state index < -0.39 is 0 Å². The molecule has 6 nitrogen and oxygen atoms in total. The lowest BCUT2D eigenvalue weighted by atomic mass is 10.2. The minimum atomic E-state index is -0.232. The van der Waals surface area contributed by atoms with Crippen LogP contribution in [0.5, 0.6) is 11.5 Å². The zero-order chi connectivity index (χ0) is 17.8. The van der Waals surface area contributed by atoms with Crippen LogP contribution in [0, 0.1) is 0 Å². The number of amides is 1. The van der Waals surface area contributed by atoms with Gasteiger partial charge in [0, 0.05) is 24.8 Å². The maximum absolute atomic E-state index is 12.5. The Balaban J connectivity index is 1.43. The maximum atomic E-state index is 12.5. The molecule has 0 unspecified atom stereocenters. The van der Waals surface area contributed by atoms with Gasteiger partial charge in [-0.2, -0.15) is 0 Å². The number of carbonyl (C=O) groups excluding carboxylic acids is 1. The first-order valence-corrected chi connectivity index (χ1v) is 9.21. The van der Waals surface area contributed by atoms with Crippen molar-refractivity contribution in [1.82, 2.24) is 4.98 Å². The van der Waals surface area contributed by atoms with Gasteiger partial charge in [-0.3, -0.25) is 4.79 Å². The van der Waals surface area contributed by atoms with Crippen molar-refractivity contribution in [3.05, 3.63) is 42.2 Å². The number of carbonyl (C=O) groups is 1. The Morgan fingerprint density at radius 1 is 0.962 bits per heavy atom. The largest absolute Gasteiger partial charge is 0.486 e. The summed E-state index contributed by atoms with van der Waals surface area (Å²) in [5, 5.41) is 2.87. The van der Waals surface area contributed by atoms with Crippen molar-refractivity contribution in [2.75, 3.05) is 36.5 Å². The SMILES string of the molecule is O=C(Nc1ccc2c(c1)OCCO2)c1ccc(N2CCCCCC2)cn1. The topological polar surface area (TPSA) is 63.7 Å². The zero-order valence-electron chi connectivity index (χ0n) is 14.7. The van der Waals surface area contributed by atoms with Crippen LogP contribution >= 0.6 is 0 Å². The summed E-state index contributed by atoms with van der Waals surface area (Å²) in [6.45, 7) is 3.19. The molecule has 1 saturated heterocycles. The van der Waals surface area contributed by atoms with Gasteiger partial charge < -0.3 is 19.7 Å². The average molecular weight is 353 g/mol. The first kappa shape index (κ1) is 16.7. The molecule has 1 amide bonds. The van der Waals surface area contributed by atoms with Gasteiger partial charge >= 0.3 is 0 Å². The lowest BCUT2D eigenvalue weighted by molar-refractivity contribution is 0.102. The lowest BCUT2D eigenvalue weighted by Crippen LogP contribution is -2.24. The number of fused-ring (bicyclic) bond motifs is 1. The van der Waals surface area contributed by atoms with E-state index in [1.807, 2.05) is 6.07 Å². The zero-order valence-corrected chi connectivity index (χ0v) is 14.7. The molecule has 1 aromatic carbocycles. The monoisotopic (exact) mass is 353 g/mol. The first-order chi connectivity index (χ1) is 12.8. The van der Waals surface area contributed by atoms with E-state index in [9.17, 15) is 4.79 Å². The quantitative estimate of drug-likeness (QED) is 0.915. The second kappa shape index (κ2) is 7.64. The van der Waals surface area contributed by atoms with Crippen molar-refractivity contribution in [2.24, 2.45) is 0 Å². The highest BCUT2D eigenvalue weighted by atomic mass is 16.6. The van der Waals surface area contributed by atoms with Gasteiger partial charge in [0.25, 0.3) is 5.91 Å². The lowest BCUT2D eigenvalue weighted by Gasteiger charge is -2.22. The van der Waals surface area contributed by atoms with E-state index in [0.29, 0.717) is 36.1 Å². The molecule has 1 fully saturated rings. The smallest absolute Gasteiger partial charge is 0.274 e. The van der Waals surface area contributed by atoms with Gasteiger partial charge in [-0.15, -0.1) is 0 Å². The third-order valence-electron chi connectivity index (χ3n) is 4.75. The van der Waals surface area contributed by atoms with Crippen LogP contribution in [0.4, 0.5) is 11.4 Å². The van der Waals surface area contributed by atoms with E-state index >= 15 is 0 Å². The molecular weight excluding hydrogens is 330 g/mol. The van der Waals surface area contributed by atoms with Crippen LogP contribution in [-0.4, -0.2) is 37.2 Å². The van der Waals surface area contributed by atoms with Crippen LogP contribution in [-0.2, 0) is 0 Å². The molecule has 2 aliphatic heterocycles.